The lowest BCUT2D eigenvalue weighted by Crippen LogP contribution is -2.21. The minimum absolute atomic E-state index is 0.565. The Labute approximate surface area is 130 Å². The standard InChI is InChI=1S/C18H19ClN2/c19-13-4-1-3-12(11-13)14-5-2-6-17-18(14)15-7-9-20-10-8-16(15)21-17/h1-6,11,15-16,20-21H,7-10H2/t15-,16+/m1/s1. The van der Waals surface area contributed by atoms with E-state index in [0.29, 0.717) is 12.0 Å². The second-order valence-corrected chi connectivity index (χ2v) is 6.40. The number of benzene rings is 2. The van der Waals surface area contributed by atoms with Gasteiger partial charge >= 0.3 is 0 Å². The molecule has 108 valence electrons. The van der Waals surface area contributed by atoms with Crippen LogP contribution in [-0.2, 0) is 0 Å². The van der Waals surface area contributed by atoms with E-state index in [1.165, 1.54) is 35.2 Å². The van der Waals surface area contributed by atoms with Gasteiger partial charge in [-0.2, -0.15) is 0 Å². The van der Waals surface area contributed by atoms with E-state index in [9.17, 15) is 0 Å². The Morgan fingerprint density at radius 1 is 1.00 bits per heavy atom. The van der Waals surface area contributed by atoms with Crippen LogP contribution in [0.3, 0.4) is 0 Å². The predicted molar refractivity (Wildman–Crippen MR) is 89.1 cm³/mol. The molecule has 2 aliphatic rings. The van der Waals surface area contributed by atoms with Gasteiger partial charge in [0.05, 0.1) is 0 Å². The first kappa shape index (κ1) is 13.2. The molecule has 2 aromatic carbocycles. The van der Waals surface area contributed by atoms with Crippen molar-refractivity contribution in [1.82, 2.24) is 5.32 Å². The fraction of sp³-hybridized carbons (Fsp3) is 0.333. The number of halogens is 1. The van der Waals surface area contributed by atoms with Crippen molar-refractivity contribution in [2.24, 2.45) is 0 Å². The Hall–Kier alpha value is -1.51. The van der Waals surface area contributed by atoms with E-state index in [1.54, 1.807) is 0 Å². The highest BCUT2D eigenvalue weighted by Crippen LogP contribution is 2.45. The third-order valence-corrected chi connectivity index (χ3v) is 4.94. The molecule has 0 radical (unpaired) electrons. The minimum atomic E-state index is 0.565. The molecule has 2 nitrogen and oxygen atoms in total. The van der Waals surface area contributed by atoms with E-state index < -0.39 is 0 Å². The topological polar surface area (TPSA) is 24.1 Å². The SMILES string of the molecule is Clc1cccc(-c2cccc3c2[C@@H]2CCNCC[C@@H]2N3)c1. The second-order valence-electron chi connectivity index (χ2n) is 5.96. The highest BCUT2D eigenvalue weighted by Gasteiger charge is 2.34. The van der Waals surface area contributed by atoms with Gasteiger partial charge in [0.25, 0.3) is 0 Å². The highest BCUT2D eigenvalue weighted by molar-refractivity contribution is 6.30. The van der Waals surface area contributed by atoms with Gasteiger partial charge in [-0.3, -0.25) is 0 Å². The van der Waals surface area contributed by atoms with E-state index in [0.717, 1.165) is 18.1 Å². The quantitative estimate of drug-likeness (QED) is 0.821. The van der Waals surface area contributed by atoms with Gasteiger partial charge in [0.1, 0.15) is 0 Å². The Morgan fingerprint density at radius 3 is 2.76 bits per heavy atom. The summed E-state index contributed by atoms with van der Waals surface area (Å²) in [6.45, 7) is 2.21. The Balaban J connectivity index is 1.83. The molecular weight excluding hydrogens is 280 g/mol. The largest absolute Gasteiger partial charge is 0.381 e. The number of rotatable bonds is 1. The van der Waals surface area contributed by atoms with E-state index in [4.69, 9.17) is 11.6 Å². The summed E-state index contributed by atoms with van der Waals surface area (Å²) in [5.41, 5.74) is 5.34. The summed E-state index contributed by atoms with van der Waals surface area (Å²) in [6.07, 6.45) is 2.39. The molecule has 0 saturated carbocycles. The van der Waals surface area contributed by atoms with Crippen molar-refractivity contribution in [1.29, 1.82) is 0 Å². The summed E-state index contributed by atoms with van der Waals surface area (Å²) in [4.78, 5) is 0. The van der Waals surface area contributed by atoms with Gasteiger partial charge in [0.2, 0.25) is 0 Å². The Bertz CT molecular complexity index is 668. The zero-order valence-corrected chi connectivity index (χ0v) is 12.7. The number of anilines is 1. The van der Waals surface area contributed by atoms with Crippen molar-refractivity contribution in [2.75, 3.05) is 18.4 Å². The van der Waals surface area contributed by atoms with Crippen LogP contribution in [0.1, 0.15) is 24.3 Å². The van der Waals surface area contributed by atoms with Crippen molar-refractivity contribution >= 4 is 17.3 Å². The number of hydrogen-bond acceptors (Lipinski definition) is 2. The van der Waals surface area contributed by atoms with Crippen LogP contribution >= 0.6 is 11.6 Å². The average molecular weight is 299 g/mol. The van der Waals surface area contributed by atoms with Crippen LogP contribution in [0.5, 0.6) is 0 Å². The molecule has 0 aliphatic carbocycles. The zero-order chi connectivity index (χ0) is 14.2. The maximum absolute atomic E-state index is 6.18. The highest BCUT2D eigenvalue weighted by atomic mass is 35.5. The molecular formula is C18H19ClN2. The number of fused-ring (bicyclic) bond motifs is 3. The molecule has 1 saturated heterocycles. The maximum atomic E-state index is 6.18. The lowest BCUT2D eigenvalue weighted by Gasteiger charge is -2.18. The minimum Gasteiger partial charge on any atom is -0.381 e. The summed E-state index contributed by atoms with van der Waals surface area (Å²) < 4.78 is 0. The van der Waals surface area contributed by atoms with Gasteiger partial charge in [-0.25, -0.2) is 0 Å². The molecule has 0 bridgehead atoms. The summed E-state index contributed by atoms with van der Waals surface area (Å²) in [5.74, 6) is 0.602. The first-order valence-electron chi connectivity index (χ1n) is 7.69. The maximum Gasteiger partial charge on any atom is 0.0412 e. The van der Waals surface area contributed by atoms with Crippen LogP contribution in [0, 0.1) is 0 Å². The van der Waals surface area contributed by atoms with Gasteiger partial charge < -0.3 is 10.6 Å². The molecule has 0 amide bonds. The first-order chi connectivity index (χ1) is 10.3. The second kappa shape index (κ2) is 5.36. The molecule has 4 rings (SSSR count). The molecule has 2 atom stereocenters. The average Bonchev–Trinajstić information content (AvgIpc) is 2.69. The molecule has 2 N–H and O–H groups in total. The normalized spacial score (nSPS) is 23.9. The molecule has 2 aliphatic heterocycles. The fourth-order valence-electron chi connectivity index (χ4n) is 3.76. The molecule has 2 aromatic rings. The first-order valence-corrected chi connectivity index (χ1v) is 8.07. The van der Waals surface area contributed by atoms with E-state index in [2.05, 4.69) is 41.0 Å². The van der Waals surface area contributed by atoms with Gasteiger partial charge in [-0.05, 0) is 60.8 Å². The molecule has 1 fully saturated rings. The molecule has 3 heteroatoms. The monoisotopic (exact) mass is 298 g/mol. The smallest absolute Gasteiger partial charge is 0.0412 e. The van der Waals surface area contributed by atoms with Gasteiger partial charge in [-0.1, -0.05) is 35.9 Å². The lowest BCUT2D eigenvalue weighted by atomic mass is 9.86. The molecule has 2 heterocycles. The van der Waals surface area contributed by atoms with Crippen LogP contribution in [0.4, 0.5) is 5.69 Å². The third kappa shape index (κ3) is 2.33. The van der Waals surface area contributed by atoms with Crippen LogP contribution in [0.15, 0.2) is 42.5 Å². The van der Waals surface area contributed by atoms with E-state index >= 15 is 0 Å². The third-order valence-electron chi connectivity index (χ3n) is 4.70. The van der Waals surface area contributed by atoms with Gasteiger partial charge in [-0.15, -0.1) is 0 Å². The van der Waals surface area contributed by atoms with Crippen LogP contribution in [0.25, 0.3) is 11.1 Å². The van der Waals surface area contributed by atoms with Gasteiger partial charge in [0.15, 0.2) is 0 Å². The van der Waals surface area contributed by atoms with E-state index in [-0.39, 0.29) is 0 Å². The summed E-state index contributed by atoms with van der Waals surface area (Å²) in [7, 11) is 0. The molecule has 21 heavy (non-hydrogen) atoms. The van der Waals surface area contributed by atoms with Crippen molar-refractivity contribution in [3.8, 4) is 11.1 Å². The van der Waals surface area contributed by atoms with Gasteiger partial charge in [0, 0.05) is 22.7 Å². The van der Waals surface area contributed by atoms with Crippen LogP contribution < -0.4 is 10.6 Å². The summed E-state index contributed by atoms with van der Waals surface area (Å²) >= 11 is 6.18. The zero-order valence-electron chi connectivity index (χ0n) is 11.9. The summed E-state index contributed by atoms with van der Waals surface area (Å²) in [5, 5.41) is 8.04. The number of hydrogen-bond donors (Lipinski definition) is 2. The number of nitrogens with one attached hydrogen (secondary N) is 2. The predicted octanol–water partition coefficient (Wildman–Crippen LogP) is 4.27. The van der Waals surface area contributed by atoms with Crippen molar-refractivity contribution in [3.63, 3.8) is 0 Å². The molecule has 0 spiro atoms. The Morgan fingerprint density at radius 2 is 1.86 bits per heavy atom. The van der Waals surface area contributed by atoms with Crippen molar-refractivity contribution in [2.45, 2.75) is 24.8 Å². The van der Waals surface area contributed by atoms with Crippen LogP contribution in [-0.4, -0.2) is 19.1 Å². The van der Waals surface area contributed by atoms with E-state index in [1.807, 2.05) is 12.1 Å². The molecule has 0 unspecified atom stereocenters. The Kier molecular flexibility index (Phi) is 3.36. The molecule has 0 aromatic heterocycles. The van der Waals surface area contributed by atoms with Crippen LogP contribution in [0.2, 0.25) is 5.02 Å². The van der Waals surface area contributed by atoms with Crippen molar-refractivity contribution in [3.05, 3.63) is 53.1 Å². The fourth-order valence-corrected chi connectivity index (χ4v) is 3.95. The van der Waals surface area contributed by atoms with Crippen molar-refractivity contribution < 1.29 is 0 Å². The summed E-state index contributed by atoms with van der Waals surface area (Å²) in [6, 6.07) is 15.3. The lowest BCUT2D eigenvalue weighted by molar-refractivity contribution is 0.579.